The second kappa shape index (κ2) is 8.90. The van der Waals surface area contributed by atoms with Crippen LogP contribution in [0.3, 0.4) is 0 Å². The first-order chi connectivity index (χ1) is 15.8. The number of hydrogen-bond acceptors (Lipinski definition) is 5. The van der Waals surface area contributed by atoms with Gasteiger partial charge in [-0.05, 0) is 68.7 Å². The highest BCUT2D eigenvalue weighted by molar-refractivity contribution is 6.51. The molecule has 1 aliphatic heterocycles. The third-order valence-electron chi connectivity index (χ3n) is 5.55. The van der Waals surface area contributed by atoms with Gasteiger partial charge in [0, 0.05) is 23.6 Å². The lowest BCUT2D eigenvalue weighted by molar-refractivity contribution is -0.132. The normalized spacial score (nSPS) is 17.6. The lowest BCUT2D eigenvalue weighted by Gasteiger charge is -2.27. The van der Waals surface area contributed by atoms with Gasteiger partial charge in [0.1, 0.15) is 11.5 Å². The molecule has 6 nitrogen and oxygen atoms in total. The van der Waals surface area contributed by atoms with Gasteiger partial charge in [-0.3, -0.25) is 19.5 Å². The topological polar surface area (TPSA) is 79.7 Å². The van der Waals surface area contributed by atoms with Crippen LogP contribution in [0.5, 0.6) is 5.75 Å². The molecule has 0 saturated carbocycles. The number of ether oxygens (including phenoxy) is 1. The second-order valence-electron chi connectivity index (χ2n) is 8.44. The van der Waals surface area contributed by atoms with Crippen molar-refractivity contribution in [3.05, 3.63) is 94.8 Å². The zero-order valence-corrected chi connectivity index (χ0v) is 19.1. The van der Waals surface area contributed by atoms with Crippen LogP contribution in [-0.2, 0) is 9.59 Å². The number of nitrogens with zero attached hydrogens (tertiary/aromatic N) is 2. The zero-order chi connectivity index (χ0) is 23.7. The number of aliphatic hydroxyl groups excluding tert-OH is 1. The Morgan fingerprint density at radius 3 is 2.55 bits per heavy atom. The van der Waals surface area contributed by atoms with E-state index in [0.29, 0.717) is 22.6 Å². The Balaban J connectivity index is 1.93. The molecular weight excluding hydrogens is 416 g/mol. The van der Waals surface area contributed by atoms with Gasteiger partial charge < -0.3 is 9.84 Å². The number of amides is 1. The molecule has 6 heteroatoms. The van der Waals surface area contributed by atoms with E-state index in [2.05, 4.69) is 4.98 Å². The Labute approximate surface area is 193 Å². The number of hydrogen-bond donors (Lipinski definition) is 1. The van der Waals surface area contributed by atoms with E-state index in [1.54, 1.807) is 48.8 Å². The van der Waals surface area contributed by atoms with Crippen molar-refractivity contribution < 1.29 is 19.4 Å². The van der Waals surface area contributed by atoms with Gasteiger partial charge in [-0.2, -0.15) is 0 Å². The van der Waals surface area contributed by atoms with Crippen molar-refractivity contribution >= 4 is 23.1 Å². The van der Waals surface area contributed by atoms with Gasteiger partial charge in [0.15, 0.2) is 0 Å². The number of anilines is 1. The quantitative estimate of drug-likeness (QED) is 0.337. The first-order valence-electron chi connectivity index (χ1n) is 10.8. The fourth-order valence-corrected chi connectivity index (χ4v) is 4.06. The van der Waals surface area contributed by atoms with Crippen LogP contribution in [0.25, 0.3) is 5.76 Å². The van der Waals surface area contributed by atoms with Crippen LogP contribution in [0, 0.1) is 13.8 Å². The molecule has 1 atom stereocenters. The number of aliphatic hydroxyl groups is 1. The summed E-state index contributed by atoms with van der Waals surface area (Å²) in [5.41, 5.74) is 3.50. The summed E-state index contributed by atoms with van der Waals surface area (Å²) < 4.78 is 5.74. The summed E-state index contributed by atoms with van der Waals surface area (Å²) in [5.74, 6) is -1.11. The molecule has 2 aromatic carbocycles. The Morgan fingerprint density at radius 2 is 1.85 bits per heavy atom. The molecule has 2 heterocycles. The van der Waals surface area contributed by atoms with E-state index in [0.717, 1.165) is 11.1 Å². The van der Waals surface area contributed by atoms with E-state index in [1.165, 1.54) is 4.90 Å². The van der Waals surface area contributed by atoms with Gasteiger partial charge in [-0.1, -0.05) is 30.3 Å². The number of Topliss-reactive ketones (excluding diaryl/α,β-unsaturated/α-hetero) is 1. The molecular formula is C27H26N2O4. The predicted molar refractivity (Wildman–Crippen MR) is 127 cm³/mol. The highest BCUT2D eigenvalue weighted by Crippen LogP contribution is 2.43. The van der Waals surface area contributed by atoms with E-state index in [9.17, 15) is 14.7 Å². The number of carbonyl (C=O) groups excluding carboxylic acids is 2. The number of carbonyl (C=O) groups is 2. The highest BCUT2D eigenvalue weighted by atomic mass is 16.5. The molecule has 33 heavy (non-hydrogen) atoms. The summed E-state index contributed by atoms with van der Waals surface area (Å²) in [5, 5.41) is 11.3. The van der Waals surface area contributed by atoms with E-state index in [1.807, 2.05) is 45.9 Å². The van der Waals surface area contributed by atoms with Crippen LogP contribution in [0.2, 0.25) is 0 Å². The van der Waals surface area contributed by atoms with Crippen molar-refractivity contribution in [2.24, 2.45) is 0 Å². The first-order valence-corrected chi connectivity index (χ1v) is 10.8. The summed E-state index contributed by atoms with van der Waals surface area (Å²) in [6, 6.07) is 15.4. The van der Waals surface area contributed by atoms with Crippen molar-refractivity contribution in [2.75, 3.05) is 4.90 Å². The second-order valence-corrected chi connectivity index (χ2v) is 8.44. The molecule has 1 saturated heterocycles. The summed E-state index contributed by atoms with van der Waals surface area (Å²) in [4.78, 5) is 32.2. The molecule has 0 spiro atoms. The van der Waals surface area contributed by atoms with E-state index in [-0.39, 0.29) is 17.4 Å². The van der Waals surface area contributed by atoms with E-state index < -0.39 is 17.7 Å². The van der Waals surface area contributed by atoms with Crippen LogP contribution in [0.4, 0.5) is 5.69 Å². The average Bonchev–Trinajstić information content (AvgIpc) is 3.06. The number of benzene rings is 2. The number of aromatic nitrogens is 1. The van der Waals surface area contributed by atoms with E-state index in [4.69, 9.17) is 4.74 Å². The van der Waals surface area contributed by atoms with Crippen LogP contribution >= 0.6 is 0 Å². The zero-order valence-electron chi connectivity index (χ0n) is 19.1. The molecule has 1 fully saturated rings. The Bertz CT molecular complexity index is 1250. The van der Waals surface area contributed by atoms with Crippen molar-refractivity contribution in [3.63, 3.8) is 0 Å². The largest absolute Gasteiger partial charge is 0.507 e. The molecule has 0 aliphatic carbocycles. The molecule has 1 aromatic heterocycles. The molecule has 4 rings (SSSR count). The van der Waals surface area contributed by atoms with Gasteiger partial charge >= 0.3 is 0 Å². The molecule has 168 valence electrons. The van der Waals surface area contributed by atoms with Crippen molar-refractivity contribution in [3.8, 4) is 5.75 Å². The van der Waals surface area contributed by atoms with Crippen LogP contribution in [0.15, 0.2) is 72.6 Å². The first kappa shape index (κ1) is 22.3. The third kappa shape index (κ3) is 4.24. The summed E-state index contributed by atoms with van der Waals surface area (Å²) in [6.07, 6.45) is 3.19. The number of rotatable bonds is 5. The molecule has 1 amide bonds. The lowest BCUT2D eigenvalue weighted by Crippen LogP contribution is -2.30. The average molecular weight is 443 g/mol. The summed E-state index contributed by atoms with van der Waals surface area (Å²) in [6.45, 7) is 7.63. The monoisotopic (exact) mass is 442 g/mol. The fraction of sp³-hybridized carbons (Fsp3) is 0.222. The number of ketones is 1. The Morgan fingerprint density at radius 1 is 1.06 bits per heavy atom. The molecule has 0 radical (unpaired) electrons. The minimum absolute atomic E-state index is 0.0237. The summed E-state index contributed by atoms with van der Waals surface area (Å²) in [7, 11) is 0. The van der Waals surface area contributed by atoms with Crippen molar-refractivity contribution in [2.45, 2.75) is 39.8 Å². The van der Waals surface area contributed by atoms with Crippen LogP contribution in [-0.4, -0.2) is 27.9 Å². The van der Waals surface area contributed by atoms with Gasteiger partial charge in [-0.25, -0.2) is 0 Å². The third-order valence-corrected chi connectivity index (χ3v) is 5.55. The highest BCUT2D eigenvalue weighted by Gasteiger charge is 2.47. The van der Waals surface area contributed by atoms with Crippen LogP contribution < -0.4 is 9.64 Å². The SMILES string of the molecule is Cc1ccc(C)c(N2C(=O)C(=O)/C(=C(/O)c3cccc(OC(C)C)c3)C2c2cccnc2)c1. The lowest BCUT2D eigenvalue weighted by atomic mass is 9.95. The molecule has 1 N–H and O–H groups in total. The fourth-order valence-electron chi connectivity index (χ4n) is 4.06. The minimum atomic E-state index is -0.811. The number of pyridine rings is 1. The maximum absolute atomic E-state index is 13.3. The molecule has 1 aliphatic rings. The Kier molecular flexibility index (Phi) is 6.01. The maximum Gasteiger partial charge on any atom is 0.300 e. The molecule has 3 aromatic rings. The van der Waals surface area contributed by atoms with Gasteiger partial charge in [0.05, 0.1) is 17.7 Å². The van der Waals surface area contributed by atoms with Gasteiger partial charge in [-0.15, -0.1) is 0 Å². The van der Waals surface area contributed by atoms with Gasteiger partial charge in [0.2, 0.25) is 0 Å². The van der Waals surface area contributed by atoms with Crippen molar-refractivity contribution in [1.29, 1.82) is 0 Å². The molecule has 0 bridgehead atoms. The van der Waals surface area contributed by atoms with E-state index >= 15 is 0 Å². The number of aryl methyl sites for hydroxylation is 2. The Hall–Kier alpha value is -3.93. The predicted octanol–water partition coefficient (Wildman–Crippen LogP) is 5.11. The summed E-state index contributed by atoms with van der Waals surface area (Å²) >= 11 is 0. The van der Waals surface area contributed by atoms with Crippen molar-refractivity contribution in [1.82, 2.24) is 4.98 Å². The smallest absolute Gasteiger partial charge is 0.300 e. The van der Waals surface area contributed by atoms with Gasteiger partial charge in [0.25, 0.3) is 11.7 Å². The minimum Gasteiger partial charge on any atom is -0.507 e. The maximum atomic E-state index is 13.3. The standard InChI is InChI=1S/C27H26N2O4/c1-16(2)33-21-9-5-7-19(14-21)25(30)23-24(20-8-6-12-28-15-20)29(27(32)26(23)31)22-13-17(3)10-11-18(22)4/h5-16,24,30H,1-4H3/b25-23+. The molecule has 1 unspecified atom stereocenters. The van der Waals surface area contributed by atoms with Crippen LogP contribution in [0.1, 0.15) is 42.1 Å².